The molecule has 2 aromatic rings. The third-order valence-corrected chi connectivity index (χ3v) is 3.63. The lowest BCUT2D eigenvalue weighted by molar-refractivity contribution is 0.590. The van der Waals surface area contributed by atoms with Crippen molar-refractivity contribution in [2.45, 2.75) is 0 Å². The molecule has 0 aliphatic carbocycles. The number of fused-ring (bicyclic) bond motifs is 1. The summed E-state index contributed by atoms with van der Waals surface area (Å²) in [7, 11) is 0. The Morgan fingerprint density at radius 2 is 2.06 bits per heavy atom. The van der Waals surface area contributed by atoms with Crippen LogP contribution in [0.25, 0.3) is 11.0 Å². The number of hydrogen-bond donors (Lipinski definition) is 1. The van der Waals surface area contributed by atoms with Gasteiger partial charge in [0.15, 0.2) is 0 Å². The molecule has 1 aliphatic heterocycles. The Kier molecular flexibility index (Phi) is 2.67. The lowest BCUT2D eigenvalue weighted by atomic mass is 10.2. The molecule has 0 saturated carbocycles. The van der Waals surface area contributed by atoms with E-state index >= 15 is 0 Å². The summed E-state index contributed by atoms with van der Waals surface area (Å²) < 4.78 is 8.58. The predicted octanol–water partition coefficient (Wildman–Crippen LogP) is 1.75. The fourth-order valence-corrected chi connectivity index (χ4v) is 2.81. The highest BCUT2D eigenvalue weighted by atomic mass is 35.5. The van der Waals surface area contributed by atoms with E-state index in [2.05, 4.69) is 19.0 Å². The summed E-state index contributed by atoms with van der Waals surface area (Å²) in [5.74, 6) is 0. The molecular weight excluding hydrogens is 244 g/mol. The van der Waals surface area contributed by atoms with Crippen LogP contribution >= 0.6 is 23.3 Å². The SMILES string of the molecule is Clc1ccc2nsnc2c1N1CCNCC1. The molecule has 1 aromatic heterocycles. The van der Waals surface area contributed by atoms with Crippen LogP contribution in [-0.2, 0) is 0 Å². The molecule has 1 aromatic carbocycles. The maximum absolute atomic E-state index is 6.27. The van der Waals surface area contributed by atoms with Crippen molar-refractivity contribution >= 4 is 40.0 Å². The minimum atomic E-state index is 0.766. The summed E-state index contributed by atoms with van der Waals surface area (Å²) in [6.07, 6.45) is 0. The van der Waals surface area contributed by atoms with Gasteiger partial charge in [-0.15, -0.1) is 0 Å². The molecule has 0 spiro atoms. The average Bonchev–Trinajstić information content (AvgIpc) is 2.78. The van der Waals surface area contributed by atoms with Gasteiger partial charge in [0.05, 0.1) is 22.4 Å². The average molecular weight is 255 g/mol. The maximum Gasteiger partial charge on any atom is 0.129 e. The van der Waals surface area contributed by atoms with Crippen LogP contribution in [0.1, 0.15) is 0 Å². The number of piperazine rings is 1. The normalized spacial score (nSPS) is 16.9. The van der Waals surface area contributed by atoms with Crippen molar-refractivity contribution in [3.05, 3.63) is 17.2 Å². The highest BCUT2D eigenvalue weighted by Crippen LogP contribution is 2.33. The Balaban J connectivity index is 2.12. The first-order chi connectivity index (χ1) is 7.86. The number of nitrogens with zero attached hydrogens (tertiary/aromatic N) is 3. The largest absolute Gasteiger partial charge is 0.366 e. The maximum atomic E-state index is 6.27. The third-order valence-electron chi connectivity index (χ3n) is 2.79. The Bertz CT molecular complexity index is 506. The van der Waals surface area contributed by atoms with E-state index in [1.807, 2.05) is 12.1 Å². The summed E-state index contributed by atoms with van der Waals surface area (Å²) in [6, 6.07) is 3.83. The van der Waals surface area contributed by atoms with Crippen molar-refractivity contribution in [3.8, 4) is 0 Å². The highest BCUT2D eigenvalue weighted by molar-refractivity contribution is 7.00. The molecule has 0 atom stereocenters. The van der Waals surface area contributed by atoms with Gasteiger partial charge in [-0.05, 0) is 12.1 Å². The van der Waals surface area contributed by atoms with Crippen LogP contribution in [0, 0.1) is 0 Å². The van der Waals surface area contributed by atoms with Crippen molar-refractivity contribution in [2.75, 3.05) is 31.1 Å². The second-order valence-electron chi connectivity index (χ2n) is 3.76. The minimum absolute atomic E-state index is 0.766. The minimum Gasteiger partial charge on any atom is -0.366 e. The van der Waals surface area contributed by atoms with Crippen LogP contribution in [0.15, 0.2) is 12.1 Å². The summed E-state index contributed by atoms with van der Waals surface area (Å²) in [6.45, 7) is 3.92. The van der Waals surface area contributed by atoms with Gasteiger partial charge in [0.2, 0.25) is 0 Å². The van der Waals surface area contributed by atoms with Crippen molar-refractivity contribution in [2.24, 2.45) is 0 Å². The summed E-state index contributed by atoms with van der Waals surface area (Å²) >= 11 is 7.51. The molecule has 1 aliphatic rings. The lowest BCUT2D eigenvalue weighted by Crippen LogP contribution is -2.43. The molecule has 1 fully saturated rings. The number of rotatable bonds is 1. The van der Waals surface area contributed by atoms with Crippen LogP contribution in [0.3, 0.4) is 0 Å². The van der Waals surface area contributed by atoms with Gasteiger partial charge in [-0.2, -0.15) is 8.75 Å². The predicted molar refractivity (Wildman–Crippen MR) is 67.5 cm³/mol. The molecule has 84 valence electrons. The van der Waals surface area contributed by atoms with E-state index < -0.39 is 0 Å². The molecule has 2 heterocycles. The fraction of sp³-hybridized carbons (Fsp3) is 0.400. The number of nitrogens with one attached hydrogen (secondary N) is 1. The van der Waals surface area contributed by atoms with Crippen molar-refractivity contribution in [1.82, 2.24) is 14.1 Å². The second kappa shape index (κ2) is 4.16. The van der Waals surface area contributed by atoms with Gasteiger partial charge in [-0.1, -0.05) is 11.6 Å². The van der Waals surface area contributed by atoms with Crippen molar-refractivity contribution in [3.63, 3.8) is 0 Å². The van der Waals surface area contributed by atoms with Crippen LogP contribution in [0.2, 0.25) is 5.02 Å². The third kappa shape index (κ3) is 1.65. The molecule has 0 radical (unpaired) electrons. The quantitative estimate of drug-likeness (QED) is 0.842. The van der Waals surface area contributed by atoms with E-state index in [1.165, 1.54) is 11.7 Å². The number of anilines is 1. The smallest absolute Gasteiger partial charge is 0.129 e. The molecule has 4 nitrogen and oxygen atoms in total. The first kappa shape index (κ1) is 10.3. The Morgan fingerprint density at radius 1 is 1.25 bits per heavy atom. The lowest BCUT2D eigenvalue weighted by Gasteiger charge is -2.30. The van der Waals surface area contributed by atoms with E-state index in [0.29, 0.717) is 0 Å². The molecule has 3 rings (SSSR count). The van der Waals surface area contributed by atoms with Crippen LogP contribution in [0.5, 0.6) is 0 Å². The number of hydrogen-bond acceptors (Lipinski definition) is 5. The second-order valence-corrected chi connectivity index (χ2v) is 4.70. The van der Waals surface area contributed by atoms with Gasteiger partial charge in [0.25, 0.3) is 0 Å². The van der Waals surface area contributed by atoms with Gasteiger partial charge in [0, 0.05) is 26.2 Å². The van der Waals surface area contributed by atoms with Crippen LogP contribution < -0.4 is 10.2 Å². The summed E-state index contributed by atoms with van der Waals surface area (Å²) in [4.78, 5) is 2.28. The zero-order chi connectivity index (χ0) is 11.0. The molecule has 0 unspecified atom stereocenters. The zero-order valence-electron chi connectivity index (χ0n) is 8.61. The first-order valence-corrected chi connectivity index (χ1v) is 6.33. The molecular formula is C10H11ClN4S. The first-order valence-electron chi connectivity index (χ1n) is 5.23. The molecule has 1 saturated heterocycles. The Morgan fingerprint density at radius 3 is 2.88 bits per heavy atom. The molecule has 0 bridgehead atoms. The Hall–Kier alpha value is -0.910. The highest BCUT2D eigenvalue weighted by Gasteiger charge is 2.18. The van der Waals surface area contributed by atoms with Gasteiger partial charge in [-0.3, -0.25) is 0 Å². The van der Waals surface area contributed by atoms with Crippen LogP contribution in [0.4, 0.5) is 5.69 Å². The molecule has 6 heteroatoms. The Labute approximate surface area is 103 Å². The van der Waals surface area contributed by atoms with E-state index in [-0.39, 0.29) is 0 Å². The fourth-order valence-electron chi connectivity index (χ4n) is 2.00. The van der Waals surface area contributed by atoms with E-state index in [1.54, 1.807) is 0 Å². The van der Waals surface area contributed by atoms with Gasteiger partial charge >= 0.3 is 0 Å². The van der Waals surface area contributed by atoms with Gasteiger partial charge < -0.3 is 10.2 Å². The number of aromatic nitrogens is 2. The molecule has 0 amide bonds. The molecule has 16 heavy (non-hydrogen) atoms. The van der Waals surface area contributed by atoms with Crippen LogP contribution in [-0.4, -0.2) is 34.9 Å². The summed E-state index contributed by atoms with van der Waals surface area (Å²) in [5.41, 5.74) is 2.90. The van der Waals surface area contributed by atoms with E-state index in [0.717, 1.165) is 47.9 Å². The standard InChI is InChI=1S/C10H11ClN4S/c11-7-1-2-8-9(14-16-13-8)10(7)15-5-3-12-4-6-15/h1-2,12H,3-6H2. The number of benzene rings is 1. The van der Waals surface area contributed by atoms with Crippen molar-refractivity contribution in [1.29, 1.82) is 0 Å². The summed E-state index contributed by atoms with van der Waals surface area (Å²) in [5, 5.41) is 4.09. The van der Waals surface area contributed by atoms with Gasteiger partial charge in [0.1, 0.15) is 11.0 Å². The topological polar surface area (TPSA) is 41.1 Å². The number of halogens is 1. The monoisotopic (exact) mass is 254 g/mol. The van der Waals surface area contributed by atoms with Crippen molar-refractivity contribution < 1.29 is 0 Å². The molecule has 1 N–H and O–H groups in total. The van der Waals surface area contributed by atoms with Gasteiger partial charge in [-0.25, -0.2) is 0 Å². The van der Waals surface area contributed by atoms with E-state index in [9.17, 15) is 0 Å². The van der Waals surface area contributed by atoms with E-state index in [4.69, 9.17) is 11.6 Å². The zero-order valence-corrected chi connectivity index (χ0v) is 10.2.